The Balaban J connectivity index is 1.27. The largest absolute Gasteiger partial charge is 0.387 e. The highest BCUT2D eigenvalue weighted by Gasteiger charge is 2.41. The molecule has 1 aromatic heterocycles. The van der Waals surface area contributed by atoms with Crippen molar-refractivity contribution in [2.45, 2.75) is 43.7 Å². The van der Waals surface area contributed by atoms with E-state index < -0.39 is 5.60 Å². The molecule has 1 aromatic rings. The Bertz CT molecular complexity index is 641. The van der Waals surface area contributed by atoms with Crippen LogP contribution in [-0.4, -0.2) is 82.4 Å². The Morgan fingerprint density at radius 3 is 2.68 bits per heavy atom. The number of anilines is 1. The third-order valence-electron chi connectivity index (χ3n) is 5.80. The molecule has 25 heavy (non-hydrogen) atoms. The zero-order chi connectivity index (χ0) is 17.6. The highest BCUT2D eigenvalue weighted by atomic mass is 16.3. The van der Waals surface area contributed by atoms with Gasteiger partial charge in [0.15, 0.2) is 5.82 Å². The van der Waals surface area contributed by atoms with Crippen molar-refractivity contribution in [1.82, 2.24) is 20.0 Å². The summed E-state index contributed by atoms with van der Waals surface area (Å²) in [7, 11) is 2.05. The van der Waals surface area contributed by atoms with E-state index in [1.54, 1.807) is 11.8 Å². The van der Waals surface area contributed by atoms with Crippen LogP contribution in [0.5, 0.6) is 0 Å². The molecule has 0 bridgehead atoms. The minimum atomic E-state index is -0.785. The minimum absolute atomic E-state index is 0.0432. The fourth-order valence-electron chi connectivity index (χ4n) is 3.87. The van der Waals surface area contributed by atoms with E-state index in [4.69, 9.17) is 0 Å². The Labute approximate surface area is 148 Å². The first-order valence-corrected chi connectivity index (χ1v) is 9.20. The Morgan fingerprint density at radius 2 is 2.12 bits per heavy atom. The standard InChI is InChI=1S/C18H27N5O2/c1-13(24)22-8-7-18(25,12-22)11-21(2)15-9-23(10-15)17-6-5-16(19-20-17)14-3-4-14/h5-6,14-15,25H,3-4,7-12H2,1-2H3. The fourth-order valence-corrected chi connectivity index (χ4v) is 3.87. The topological polar surface area (TPSA) is 72.8 Å². The van der Waals surface area contributed by atoms with Gasteiger partial charge in [0.05, 0.1) is 17.8 Å². The van der Waals surface area contributed by atoms with Gasteiger partial charge in [-0.25, -0.2) is 0 Å². The summed E-state index contributed by atoms with van der Waals surface area (Å²) in [5, 5.41) is 19.5. The number of β-amino-alcohol motifs (C(OH)–C–C–N with tert-alkyl or cyclic N) is 1. The van der Waals surface area contributed by atoms with E-state index in [-0.39, 0.29) is 5.91 Å². The van der Waals surface area contributed by atoms with Crippen molar-refractivity contribution in [3.63, 3.8) is 0 Å². The second-order valence-corrected chi connectivity index (χ2v) is 7.98. The van der Waals surface area contributed by atoms with Crippen molar-refractivity contribution >= 4 is 11.7 Å². The molecule has 3 aliphatic rings. The van der Waals surface area contributed by atoms with Crippen LogP contribution in [0.4, 0.5) is 5.82 Å². The molecule has 2 aliphatic heterocycles. The molecule has 7 nitrogen and oxygen atoms in total. The van der Waals surface area contributed by atoms with Crippen molar-refractivity contribution in [1.29, 1.82) is 0 Å². The van der Waals surface area contributed by atoms with Gasteiger partial charge < -0.3 is 14.9 Å². The second-order valence-electron chi connectivity index (χ2n) is 7.98. The van der Waals surface area contributed by atoms with E-state index in [0.29, 0.717) is 38.0 Å². The van der Waals surface area contributed by atoms with Crippen LogP contribution >= 0.6 is 0 Å². The Morgan fingerprint density at radius 1 is 1.36 bits per heavy atom. The van der Waals surface area contributed by atoms with Crippen LogP contribution in [0.25, 0.3) is 0 Å². The summed E-state index contributed by atoms with van der Waals surface area (Å²) in [6.45, 7) is 5.06. The first-order chi connectivity index (χ1) is 11.9. The van der Waals surface area contributed by atoms with Crippen molar-refractivity contribution in [2.24, 2.45) is 0 Å². The first kappa shape index (κ1) is 16.7. The maximum atomic E-state index is 11.5. The van der Waals surface area contributed by atoms with Crippen LogP contribution in [0.15, 0.2) is 12.1 Å². The maximum Gasteiger partial charge on any atom is 0.219 e. The van der Waals surface area contributed by atoms with E-state index in [0.717, 1.165) is 24.6 Å². The van der Waals surface area contributed by atoms with E-state index in [2.05, 4.69) is 39.2 Å². The van der Waals surface area contributed by atoms with Crippen LogP contribution < -0.4 is 4.90 Å². The summed E-state index contributed by atoms with van der Waals surface area (Å²) in [6, 6.07) is 4.58. The molecule has 1 atom stereocenters. The first-order valence-electron chi connectivity index (χ1n) is 9.20. The third-order valence-corrected chi connectivity index (χ3v) is 5.80. The van der Waals surface area contributed by atoms with E-state index >= 15 is 0 Å². The summed E-state index contributed by atoms with van der Waals surface area (Å²) in [4.78, 5) is 17.6. The fraction of sp³-hybridized carbons (Fsp3) is 0.722. The van der Waals surface area contributed by atoms with Crippen LogP contribution in [0, 0.1) is 0 Å². The normalized spacial score (nSPS) is 27.0. The number of rotatable bonds is 5. The number of amides is 1. The van der Waals surface area contributed by atoms with Gasteiger partial charge in [-0.15, -0.1) is 5.10 Å². The summed E-state index contributed by atoms with van der Waals surface area (Å²) >= 11 is 0. The molecule has 1 unspecified atom stereocenters. The number of likely N-dealkylation sites (tertiary alicyclic amines) is 1. The van der Waals surface area contributed by atoms with Crippen molar-refractivity contribution in [3.8, 4) is 0 Å². The van der Waals surface area contributed by atoms with Gasteiger partial charge in [0.2, 0.25) is 5.91 Å². The molecule has 1 N–H and O–H groups in total. The Kier molecular flexibility index (Phi) is 4.16. The zero-order valence-corrected chi connectivity index (χ0v) is 15.1. The summed E-state index contributed by atoms with van der Waals surface area (Å²) in [5.74, 6) is 1.62. The minimum Gasteiger partial charge on any atom is -0.387 e. The molecule has 0 spiro atoms. The van der Waals surface area contributed by atoms with Gasteiger partial charge in [0, 0.05) is 45.1 Å². The monoisotopic (exact) mass is 345 g/mol. The number of likely N-dealkylation sites (N-methyl/N-ethyl adjacent to an activating group) is 1. The quantitative estimate of drug-likeness (QED) is 0.836. The van der Waals surface area contributed by atoms with Gasteiger partial charge in [-0.2, -0.15) is 5.10 Å². The maximum absolute atomic E-state index is 11.5. The molecule has 4 rings (SSSR count). The summed E-state index contributed by atoms with van der Waals surface area (Å²) in [6.07, 6.45) is 3.14. The van der Waals surface area contributed by atoms with Gasteiger partial charge in [-0.1, -0.05) is 0 Å². The highest BCUT2D eigenvalue weighted by molar-refractivity contribution is 5.73. The molecule has 0 radical (unpaired) electrons. The van der Waals surface area contributed by atoms with Crippen LogP contribution in [0.1, 0.15) is 37.8 Å². The molecule has 1 aliphatic carbocycles. The third kappa shape index (κ3) is 3.48. The lowest BCUT2D eigenvalue weighted by Crippen LogP contribution is -2.61. The Hall–Kier alpha value is -1.73. The lowest BCUT2D eigenvalue weighted by molar-refractivity contribution is -0.129. The number of hydrogen-bond donors (Lipinski definition) is 1. The van der Waals surface area contributed by atoms with Gasteiger partial charge in [-0.05, 0) is 38.4 Å². The molecular weight excluding hydrogens is 318 g/mol. The lowest BCUT2D eigenvalue weighted by Gasteiger charge is -2.46. The average Bonchev–Trinajstić information content (AvgIpc) is 3.29. The van der Waals surface area contributed by atoms with Crippen LogP contribution in [0.2, 0.25) is 0 Å². The number of aliphatic hydroxyl groups is 1. The molecule has 1 saturated carbocycles. The smallest absolute Gasteiger partial charge is 0.219 e. The number of carbonyl (C=O) groups is 1. The predicted molar refractivity (Wildman–Crippen MR) is 94.5 cm³/mol. The van der Waals surface area contributed by atoms with E-state index in [9.17, 15) is 9.90 Å². The summed E-state index contributed by atoms with van der Waals surface area (Å²) < 4.78 is 0. The van der Waals surface area contributed by atoms with Crippen molar-refractivity contribution < 1.29 is 9.90 Å². The molecule has 1 amide bonds. The molecule has 2 saturated heterocycles. The molecule has 3 fully saturated rings. The van der Waals surface area contributed by atoms with Crippen LogP contribution in [-0.2, 0) is 4.79 Å². The summed E-state index contributed by atoms with van der Waals surface area (Å²) in [5.41, 5.74) is 0.337. The predicted octanol–water partition coefficient (Wildman–Crippen LogP) is 0.458. The molecular formula is C18H27N5O2. The molecule has 7 heteroatoms. The number of hydrogen-bond acceptors (Lipinski definition) is 6. The number of nitrogens with zero attached hydrogens (tertiary/aromatic N) is 5. The van der Waals surface area contributed by atoms with Crippen molar-refractivity contribution in [2.75, 3.05) is 44.7 Å². The zero-order valence-electron chi connectivity index (χ0n) is 15.1. The number of aromatic nitrogens is 2. The average molecular weight is 345 g/mol. The molecule has 0 aromatic carbocycles. The lowest BCUT2D eigenvalue weighted by atomic mass is 10.00. The van der Waals surface area contributed by atoms with Gasteiger partial charge in [-0.3, -0.25) is 9.69 Å². The van der Waals surface area contributed by atoms with Gasteiger partial charge in [0.25, 0.3) is 0 Å². The second kappa shape index (κ2) is 6.21. The van der Waals surface area contributed by atoms with Crippen LogP contribution in [0.3, 0.4) is 0 Å². The van der Waals surface area contributed by atoms with Gasteiger partial charge in [0.1, 0.15) is 0 Å². The molecule has 136 valence electrons. The van der Waals surface area contributed by atoms with E-state index in [1.807, 2.05) is 0 Å². The SMILES string of the molecule is CC(=O)N1CCC(O)(CN(C)C2CN(c3ccc(C4CC4)nn3)C2)C1. The van der Waals surface area contributed by atoms with Crippen molar-refractivity contribution in [3.05, 3.63) is 17.8 Å². The molecule has 3 heterocycles. The highest BCUT2D eigenvalue weighted by Crippen LogP contribution is 2.39. The van der Waals surface area contributed by atoms with Gasteiger partial charge >= 0.3 is 0 Å². The van der Waals surface area contributed by atoms with E-state index in [1.165, 1.54) is 12.8 Å². The number of carbonyl (C=O) groups excluding carboxylic acids is 1.